The number of carbonyl (C=O) groups is 2. The molecule has 2 aromatic carbocycles. The van der Waals surface area contributed by atoms with E-state index >= 15 is 0 Å². The first-order chi connectivity index (χ1) is 10.0. The maximum Gasteiger partial charge on any atom is 0.280 e. The number of hydrogen-bond acceptors (Lipinski definition) is 2. The summed E-state index contributed by atoms with van der Waals surface area (Å²) in [6.07, 6.45) is 0.787. The van der Waals surface area contributed by atoms with Crippen molar-refractivity contribution in [2.75, 3.05) is 10.6 Å². The fourth-order valence-corrected chi connectivity index (χ4v) is 2.10. The molecule has 21 heavy (non-hydrogen) atoms. The third-order valence-electron chi connectivity index (χ3n) is 2.89. The van der Waals surface area contributed by atoms with Crippen molar-refractivity contribution in [2.45, 2.75) is 13.3 Å². The normalized spacial score (nSPS) is 10.0. The Hall–Kier alpha value is -2.27. The van der Waals surface area contributed by atoms with Crippen molar-refractivity contribution in [2.24, 2.45) is 0 Å². The molecule has 2 amide bonds. The van der Waals surface area contributed by atoms with Crippen LogP contribution in [0.2, 0.25) is 0 Å². The Morgan fingerprint density at radius 2 is 1.29 bits per heavy atom. The van der Waals surface area contributed by atoms with E-state index in [4.69, 9.17) is 0 Å². The van der Waals surface area contributed by atoms with E-state index in [2.05, 4.69) is 23.3 Å². The number of rotatable bonds is 4. The summed E-state index contributed by atoms with van der Waals surface area (Å²) in [5, 5.41) is 4.96. The van der Waals surface area contributed by atoms with Gasteiger partial charge in [0.1, 0.15) is 0 Å². The molecule has 2 N–H and O–H groups in total. The highest BCUT2D eigenvalue weighted by atomic mass is 32.1. The predicted molar refractivity (Wildman–Crippen MR) is 88.0 cm³/mol. The maximum atomic E-state index is 11.0. The SMILES string of the molecule is CC(=O)Nc1ccc(Cc2ccc(NC(=O)S)cc2)cc1. The zero-order valence-corrected chi connectivity index (χ0v) is 12.5. The minimum absolute atomic E-state index is 0.0791. The van der Waals surface area contributed by atoms with Gasteiger partial charge >= 0.3 is 0 Å². The van der Waals surface area contributed by atoms with E-state index in [9.17, 15) is 9.59 Å². The van der Waals surface area contributed by atoms with Crippen LogP contribution in [0.15, 0.2) is 48.5 Å². The largest absolute Gasteiger partial charge is 0.326 e. The summed E-state index contributed by atoms with van der Waals surface area (Å²) >= 11 is 3.67. The molecule has 0 heterocycles. The molecule has 108 valence electrons. The van der Waals surface area contributed by atoms with Gasteiger partial charge in [0.15, 0.2) is 0 Å². The minimum Gasteiger partial charge on any atom is -0.326 e. The van der Waals surface area contributed by atoms with Gasteiger partial charge in [-0.05, 0) is 41.8 Å². The van der Waals surface area contributed by atoms with E-state index in [1.165, 1.54) is 6.92 Å². The molecule has 4 nitrogen and oxygen atoms in total. The number of benzene rings is 2. The van der Waals surface area contributed by atoms with Gasteiger partial charge in [-0.15, -0.1) is 0 Å². The third-order valence-corrected chi connectivity index (χ3v) is 3.00. The predicted octanol–water partition coefficient (Wildman–Crippen LogP) is 3.70. The lowest BCUT2D eigenvalue weighted by atomic mass is 10.0. The average molecular weight is 300 g/mol. The van der Waals surface area contributed by atoms with Crippen LogP contribution in [0, 0.1) is 0 Å². The Morgan fingerprint density at radius 1 is 0.857 bits per heavy atom. The highest BCUT2D eigenvalue weighted by molar-refractivity contribution is 7.96. The van der Waals surface area contributed by atoms with Crippen LogP contribution in [0.4, 0.5) is 16.2 Å². The van der Waals surface area contributed by atoms with Gasteiger partial charge in [0, 0.05) is 18.3 Å². The minimum atomic E-state index is -0.378. The molecular formula is C16H16N2O2S. The van der Waals surface area contributed by atoms with E-state index in [1.54, 1.807) is 0 Å². The highest BCUT2D eigenvalue weighted by Crippen LogP contribution is 2.16. The van der Waals surface area contributed by atoms with Crippen LogP contribution in [-0.2, 0) is 11.2 Å². The average Bonchev–Trinajstić information content (AvgIpc) is 2.42. The monoisotopic (exact) mass is 300 g/mol. The van der Waals surface area contributed by atoms with E-state index < -0.39 is 0 Å². The highest BCUT2D eigenvalue weighted by Gasteiger charge is 2.00. The van der Waals surface area contributed by atoms with E-state index in [-0.39, 0.29) is 11.1 Å². The molecule has 0 saturated heterocycles. The van der Waals surface area contributed by atoms with Crippen molar-refractivity contribution in [3.05, 3.63) is 59.7 Å². The number of thiol groups is 1. The smallest absolute Gasteiger partial charge is 0.280 e. The number of anilines is 2. The van der Waals surface area contributed by atoms with Crippen molar-refractivity contribution >= 4 is 35.1 Å². The van der Waals surface area contributed by atoms with Crippen LogP contribution >= 0.6 is 12.6 Å². The Kier molecular flexibility index (Phi) is 5.00. The van der Waals surface area contributed by atoms with Crippen molar-refractivity contribution < 1.29 is 9.59 Å². The number of carbonyl (C=O) groups excluding carboxylic acids is 2. The molecule has 5 heteroatoms. The second-order valence-corrected chi connectivity index (χ2v) is 5.09. The molecule has 0 bridgehead atoms. The van der Waals surface area contributed by atoms with Gasteiger partial charge in [0.25, 0.3) is 5.24 Å². The van der Waals surface area contributed by atoms with Crippen LogP contribution in [0.5, 0.6) is 0 Å². The summed E-state index contributed by atoms with van der Waals surface area (Å²) in [5.41, 5.74) is 3.80. The van der Waals surface area contributed by atoms with Gasteiger partial charge in [-0.1, -0.05) is 36.9 Å². The molecule has 0 aliphatic heterocycles. The van der Waals surface area contributed by atoms with Crippen LogP contribution in [0.3, 0.4) is 0 Å². The fourth-order valence-electron chi connectivity index (χ4n) is 1.97. The molecule has 0 radical (unpaired) electrons. The first kappa shape index (κ1) is 15.1. The second kappa shape index (κ2) is 6.95. The van der Waals surface area contributed by atoms with Crippen molar-refractivity contribution in [1.82, 2.24) is 0 Å². The lowest BCUT2D eigenvalue weighted by molar-refractivity contribution is -0.114. The molecule has 0 aliphatic carbocycles. The van der Waals surface area contributed by atoms with Crippen LogP contribution in [0.1, 0.15) is 18.1 Å². The van der Waals surface area contributed by atoms with Crippen LogP contribution < -0.4 is 10.6 Å². The quantitative estimate of drug-likeness (QED) is 0.754. The molecule has 0 saturated carbocycles. The van der Waals surface area contributed by atoms with Gasteiger partial charge in [-0.3, -0.25) is 9.59 Å². The van der Waals surface area contributed by atoms with Gasteiger partial charge in [0.05, 0.1) is 0 Å². The first-order valence-electron chi connectivity index (χ1n) is 6.48. The Balaban J connectivity index is 2.01. The number of nitrogens with one attached hydrogen (secondary N) is 2. The summed E-state index contributed by atoms with van der Waals surface area (Å²) in [6, 6.07) is 15.3. The lowest BCUT2D eigenvalue weighted by Gasteiger charge is -2.06. The molecule has 2 rings (SSSR count). The Labute approximate surface area is 129 Å². The standard InChI is InChI=1S/C16H16N2O2S/c1-11(19)17-14-6-2-12(3-7-14)10-13-4-8-15(9-5-13)18-16(20)21/h2-9H,10H2,1H3,(H,17,19)(H2,18,20,21). The van der Waals surface area contributed by atoms with Gasteiger partial charge < -0.3 is 10.6 Å². The fraction of sp³-hybridized carbons (Fsp3) is 0.125. The first-order valence-corrected chi connectivity index (χ1v) is 6.93. The topological polar surface area (TPSA) is 58.2 Å². The van der Waals surface area contributed by atoms with E-state index in [0.717, 1.165) is 28.9 Å². The lowest BCUT2D eigenvalue weighted by Crippen LogP contribution is -2.05. The van der Waals surface area contributed by atoms with E-state index in [0.29, 0.717) is 0 Å². The van der Waals surface area contributed by atoms with Gasteiger partial charge in [-0.2, -0.15) is 0 Å². The summed E-state index contributed by atoms with van der Waals surface area (Å²) in [6.45, 7) is 1.49. The molecule has 0 aromatic heterocycles. The number of amides is 2. The van der Waals surface area contributed by atoms with Crippen molar-refractivity contribution in [3.8, 4) is 0 Å². The zero-order valence-electron chi connectivity index (χ0n) is 11.6. The summed E-state index contributed by atoms with van der Waals surface area (Å²) in [5.74, 6) is -0.0791. The van der Waals surface area contributed by atoms with Crippen LogP contribution in [0.25, 0.3) is 0 Å². The van der Waals surface area contributed by atoms with Crippen LogP contribution in [-0.4, -0.2) is 11.1 Å². The van der Waals surface area contributed by atoms with Crippen molar-refractivity contribution in [3.63, 3.8) is 0 Å². The summed E-state index contributed by atoms with van der Waals surface area (Å²) in [7, 11) is 0. The van der Waals surface area contributed by atoms with Crippen molar-refractivity contribution in [1.29, 1.82) is 0 Å². The molecule has 0 atom stereocenters. The molecule has 0 unspecified atom stereocenters. The Morgan fingerprint density at radius 3 is 1.67 bits per heavy atom. The summed E-state index contributed by atoms with van der Waals surface area (Å²) < 4.78 is 0. The third kappa shape index (κ3) is 4.96. The molecule has 0 fully saturated rings. The van der Waals surface area contributed by atoms with Gasteiger partial charge in [-0.25, -0.2) is 0 Å². The zero-order chi connectivity index (χ0) is 15.2. The molecule has 0 spiro atoms. The molecule has 0 aliphatic rings. The maximum absolute atomic E-state index is 11.0. The summed E-state index contributed by atoms with van der Waals surface area (Å²) in [4.78, 5) is 21.8. The van der Waals surface area contributed by atoms with E-state index in [1.807, 2.05) is 48.5 Å². The number of hydrogen-bond donors (Lipinski definition) is 3. The second-order valence-electron chi connectivity index (χ2n) is 4.68. The molecule has 2 aromatic rings. The van der Waals surface area contributed by atoms with Gasteiger partial charge in [0.2, 0.25) is 5.91 Å². The molecular weight excluding hydrogens is 284 g/mol. The Bertz CT molecular complexity index is 579.